The fourth-order valence-corrected chi connectivity index (χ4v) is 4.57. The van der Waals surface area contributed by atoms with Crippen LogP contribution in [0.25, 0.3) is 5.82 Å². The van der Waals surface area contributed by atoms with Crippen LogP contribution in [0.4, 0.5) is 5.69 Å². The quantitative estimate of drug-likeness (QED) is 0.648. The van der Waals surface area contributed by atoms with E-state index in [0.29, 0.717) is 25.3 Å². The van der Waals surface area contributed by atoms with E-state index in [2.05, 4.69) is 43.1 Å². The molecule has 0 radical (unpaired) electrons. The lowest BCUT2D eigenvalue weighted by atomic mass is 9.88. The fraction of sp³-hybridized carbons (Fsp3) is 0.273. The Kier molecular flexibility index (Phi) is 3.97. The van der Waals surface area contributed by atoms with Crippen LogP contribution in [0.15, 0.2) is 67.4 Å². The molecule has 0 saturated carbocycles. The van der Waals surface area contributed by atoms with Gasteiger partial charge in [-0.1, -0.05) is 12.2 Å². The van der Waals surface area contributed by atoms with Crippen LogP contribution >= 0.6 is 0 Å². The Balaban J connectivity index is 1.60. The van der Waals surface area contributed by atoms with E-state index >= 15 is 0 Å². The molecule has 0 aromatic carbocycles. The van der Waals surface area contributed by atoms with Gasteiger partial charge in [0, 0.05) is 44.4 Å². The molecule has 5 rings (SSSR count). The lowest BCUT2D eigenvalue weighted by molar-refractivity contribution is 0.0776. The summed E-state index contributed by atoms with van der Waals surface area (Å²) >= 11 is 0. The van der Waals surface area contributed by atoms with E-state index < -0.39 is 0 Å². The maximum absolute atomic E-state index is 13.1. The number of nitrogens with zero attached hydrogens (tertiary/aromatic N) is 6. The number of likely N-dealkylation sites (tertiary alicyclic amines) is 1. The molecular weight excluding hydrogens is 364 g/mol. The number of carbonyl (C=O) groups excluding carboxylic acids is 1. The first-order chi connectivity index (χ1) is 14.1. The van der Waals surface area contributed by atoms with Crippen molar-refractivity contribution in [2.75, 3.05) is 24.5 Å². The van der Waals surface area contributed by atoms with E-state index in [0.717, 1.165) is 29.2 Å². The number of pyridine rings is 1. The number of aromatic nitrogens is 4. The molecule has 0 bridgehead atoms. The minimum absolute atomic E-state index is 0.0830. The van der Waals surface area contributed by atoms with Crippen molar-refractivity contribution in [3.8, 4) is 5.82 Å². The highest BCUT2D eigenvalue weighted by Gasteiger charge is 2.50. The van der Waals surface area contributed by atoms with Gasteiger partial charge in [0.05, 0.1) is 17.6 Å². The zero-order valence-corrected chi connectivity index (χ0v) is 16.3. The summed E-state index contributed by atoms with van der Waals surface area (Å²) < 4.78 is 2.15. The molecule has 1 spiro atoms. The molecule has 3 aromatic rings. The molecule has 0 aliphatic carbocycles. The largest absolute Gasteiger partial charge is 0.351 e. The summed E-state index contributed by atoms with van der Waals surface area (Å²) in [6.07, 6.45) is 9.35. The molecule has 1 atom stereocenters. The second-order valence-corrected chi connectivity index (χ2v) is 7.75. The third kappa shape index (κ3) is 2.65. The molecule has 146 valence electrons. The highest BCUT2D eigenvalue weighted by molar-refractivity contribution is 5.92. The van der Waals surface area contributed by atoms with Gasteiger partial charge < -0.3 is 14.4 Å². The van der Waals surface area contributed by atoms with Crippen LogP contribution < -0.4 is 4.90 Å². The normalized spacial score (nSPS) is 19.9. The molecule has 2 aliphatic heterocycles. The Morgan fingerprint density at radius 3 is 2.90 bits per heavy atom. The van der Waals surface area contributed by atoms with Crippen molar-refractivity contribution in [1.82, 2.24) is 24.4 Å². The van der Waals surface area contributed by atoms with E-state index in [1.54, 1.807) is 12.4 Å². The van der Waals surface area contributed by atoms with Crippen LogP contribution in [0.2, 0.25) is 0 Å². The van der Waals surface area contributed by atoms with E-state index in [1.807, 2.05) is 36.4 Å². The van der Waals surface area contributed by atoms with E-state index in [-0.39, 0.29) is 11.4 Å². The van der Waals surface area contributed by atoms with Crippen molar-refractivity contribution < 1.29 is 4.79 Å². The van der Waals surface area contributed by atoms with Gasteiger partial charge in [0.25, 0.3) is 5.91 Å². The summed E-state index contributed by atoms with van der Waals surface area (Å²) in [7, 11) is 0. The zero-order chi connectivity index (χ0) is 20.0. The van der Waals surface area contributed by atoms with Crippen molar-refractivity contribution in [1.29, 1.82) is 0 Å². The van der Waals surface area contributed by atoms with E-state index in [9.17, 15) is 4.79 Å². The van der Waals surface area contributed by atoms with Crippen molar-refractivity contribution in [3.63, 3.8) is 0 Å². The van der Waals surface area contributed by atoms with Crippen LogP contribution in [-0.4, -0.2) is 50.0 Å². The molecule has 1 saturated heterocycles. The second-order valence-electron chi connectivity index (χ2n) is 7.75. The minimum Gasteiger partial charge on any atom is -0.351 e. The Morgan fingerprint density at radius 1 is 1.21 bits per heavy atom. The molecule has 7 heteroatoms. The predicted octanol–water partition coefficient (Wildman–Crippen LogP) is 2.80. The highest BCUT2D eigenvalue weighted by Crippen LogP contribution is 2.47. The Bertz CT molecular complexity index is 1090. The molecule has 29 heavy (non-hydrogen) atoms. The lowest BCUT2D eigenvalue weighted by Gasteiger charge is -2.47. The monoisotopic (exact) mass is 386 g/mol. The average molecular weight is 386 g/mol. The zero-order valence-electron chi connectivity index (χ0n) is 16.3. The number of amides is 1. The van der Waals surface area contributed by atoms with Crippen LogP contribution in [-0.2, 0) is 5.54 Å². The van der Waals surface area contributed by atoms with Gasteiger partial charge in [0.15, 0.2) is 5.82 Å². The average Bonchev–Trinajstić information content (AvgIpc) is 3.40. The predicted molar refractivity (Wildman–Crippen MR) is 110 cm³/mol. The molecule has 7 nitrogen and oxygen atoms in total. The number of hydrogen-bond acceptors (Lipinski definition) is 5. The first kappa shape index (κ1) is 17.6. The first-order valence-electron chi connectivity index (χ1n) is 9.71. The van der Waals surface area contributed by atoms with Crippen LogP contribution in [0.3, 0.4) is 0 Å². The van der Waals surface area contributed by atoms with Crippen LogP contribution in [0, 0.1) is 0 Å². The fourth-order valence-electron chi connectivity index (χ4n) is 4.57. The standard InChI is InChI=1S/C22H22N6O/c1-16(2)14-28-18-5-3-8-25-20(18)27-11-4-6-19(27)22(28)7-12-26(15-22)21(29)17-13-23-9-10-24-17/h3-6,8-11,13H,1,7,12,14-15H2,2H3/t22-/m0/s1. The van der Waals surface area contributed by atoms with Gasteiger partial charge in [-0.2, -0.15) is 0 Å². The molecular formula is C22H22N6O. The minimum atomic E-state index is -0.337. The summed E-state index contributed by atoms with van der Waals surface area (Å²) in [4.78, 5) is 30.2. The van der Waals surface area contributed by atoms with Crippen molar-refractivity contribution >= 4 is 11.6 Å². The number of hydrogen-bond donors (Lipinski definition) is 0. The number of anilines is 1. The topological polar surface area (TPSA) is 67.2 Å². The number of fused-ring (bicyclic) bond motifs is 4. The SMILES string of the molecule is C=C(C)CN1c2cccnc2-n2cccc2[C@@]12CCN(C(=O)c1cnccn1)C2. The van der Waals surface area contributed by atoms with E-state index in [4.69, 9.17) is 0 Å². The summed E-state index contributed by atoms with van der Waals surface area (Å²) in [5.41, 5.74) is 3.32. The lowest BCUT2D eigenvalue weighted by Crippen LogP contribution is -2.53. The number of rotatable bonds is 3. The van der Waals surface area contributed by atoms with Crippen molar-refractivity contribution in [2.24, 2.45) is 0 Å². The smallest absolute Gasteiger partial charge is 0.274 e. The molecule has 0 unspecified atom stereocenters. The molecule has 2 aliphatic rings. The summed E-state index contributed by atoms with van der Waals surface area (Å²) in [5, 5.41) is 0. The molecule has 5 heterocycles. The van der Waals surface area contributed by atoms with Crippen molar-refractivity contribution in [2.45, 2.75) is 18.9 Å². The van der Waals surface area contributed by atoms with Gasteiger partial charge in [0.1, 0.15) is 11.2 Å². The van der Waals surface area contributed by atoms with Gasteiger partial charge in [-0.3, -0.25) is 9.78 Å². The molecule has 1 amide bonds. The Morgan fingerprint density at radius 2 is 2.10 bits per heavy atom. The highest BCUT2D eigenvalue weighted by atomic mass is 16.2. The number of carbonyl (C=O) groups is 1. The van der Waals surface area contributed by atoms with Crippen molar-refractivity contribution in [3.05, 3.63) is 78.8 Å². The molecule has 1 fully saturated rings. The Labute approximate surface area is 169 Å². The van der Waals surface area contributed by atoms with Gasteiger partial charge in [-0.05, 0) is 37.6 Å². The molecule has 0 N–H and O–H groups in total. The first-order valence-corrected chi connectivity index (χ1v) is 9.71. The van der Waals surface area contributed by atoms with Gasteiger partial charge in [-0.15, -0.1) is 0 Å². The van der Waals surface area contributed by atoms with Gasteiger partial charge in [0.2, 0.25) is 0 Å². The Hall–Kier alpha value is -3.48. The summed E-state index contributed by atoms with van der Waals surface area (Å²) in [6.45, 7) is 8.13. The maximum atomic E-state index is 13.1. The van der Waals surface area contributed by atoms with E-state index in [1.165, 1.54) is 6.20 Å². The summed E-state index contributed by atoms with van der Waals surface area (Å²) in [6, 6.07) is 8.25. The molecule has 3 aromatic heterocycles. The van der Waals surface area contributed by atoms with Crippen LogP contribution in [0.5, 0.6) is 0 Å². The third-order valence-corrected chi connectivity index (χ3v) is 5.77. The van der Waals surface area contributed by atoms with Crippen LogP contribution in [0.1, 0.15) is 29.5 Å². The third-order valence-electron chi connectivity index (χ3n) is 5.77. The van der Waals surface area contributed by atoms with Gasteiger partial charge >= 0.3 is 0 Å². The van der Waals surface area contributed by atoms with Gasteiger partial charge in [-0.25, -0.2) is 9.97 Å². The second kappa shape index (κ2) is 6.55. The maximum Gasteiger partial charge on any atom is 0.274 e. The summed E-state index contributed by atoms with van der Waals surface area (Å²) in [5.74, 6) is 0.832.